The zero-order valence-electron chi connectivity index (χ0n) is 22.1. The SMILES string of the molecule is CC(C)(C)[C@H](NC(=O)c1nccc2ccccc12)C(=O)N(CC(=O)N[C@@H](CC=O)C(=O)O)Cc1ccccc1. The number of amides is 3. The molecule has 2 atom stereocenters. The molecule has 3 N–H and O–H groups in total. The van der Waals surface area contributed by atoms with Crippen LogP contribution in [-0.2, 0) is 25.7 Å². The number of fused-ring (bicyclic) bond motifs is 1. The standard InChI is InChI=1S/C29H32N4O6/c1-29(2,3)25(32-26(36)24-21-12-8-7-11-20(21)13-15-30-24)27(37)33(17-19-9-5-4-6-10-19)18-23(35)31-22(14-16-34)28(38)39/h4-13,15-16,22,25H,14,17-18H2,1-3H3,(H,31,35)(H,32,36)(H,38,39)/t22-,25+/m0/s1. The number of benzene rings is 2. The van der Waals surface area contributed by atoms with E-state index in [2.05, 4.69) is 15.6 Å². The van der Waals surface area contributed by atoms with Gasteiger partial charge in [-0.3, -0.25) is 19.4 Å². The molecule has 3 rings (SSSR count). The Morgan fingerprint density at radius 2 is 1.64 bits per heavy atom. The summed E-state index contributed by atoms with van der Waals surface area (Å²) in [6, 6.07) is 15.6. The Labute approximate surface area is 226 Å². The number of hydrogen-bond acceptors (Lipinski definition) is 6. The van der Waals surface area contributed by atoms with Crippen LogP contribution in [0.15, 0.2) is 66.9 Å². The Kier molecular flexibility index (Phi) is 9.48. The average molecular weight is 533 g/mol. The summed E-state index contributed by atoms with van der Waals surface area (Å²) in [6.07, 6.45) is 1.51. The first-order chi connectivity index (χ1) is 18.5. The van der Waals surface area contributed by atoms with Gasteiger partial charge in [0.2, 0.25) is 11.8 Å². The number of hydrogen-bond donors (Lipinski definition) is 3. The molecule has 0 radical (unpaired) electrons. The lowest BCUT2D eigenvalue weighted by molar-refractivity contribution is -0.144. The number of carboxylic acid groups (broad SMARTS) is 1. The van der Waals surface area contributed by atoms with Crippen molar-refractivity contribution in [2.75, 3.05) is 6.54 Å². The van der Waals surface area contributed by atoms with E-state index in [1.807, 2.05) is 18.2 Å². The maximum absolute atomic E-state index is 13.9. The summed E-state index contributed by atoms with van der Waals surface area (Å²) in [5, 5.41) is 15.9. The van der Waals surface area contributed by atoms with E-state index >= 15 is 0 Å². The second-order valence-electron chi connectivity index (χ2n) is 10.2. The molecule has 0 fully saturated rings. The topological polar surface area (TPSA) is 146 Å². The molecule has 0 aliphatic rings. The Hall–Kier alpha value is -4.60. The fourth-order valence-corrected chi connectivity index (χ4v) is 4.08. The van der Waals surface area contributed by atoms with Crippen molar-refractivity contribution >= 4 is 40.7 Å². The van der Waals surface area contributed by atoms with Crippen molar-refractivity contribution in [1.82, 2.24) is 20.5 Å². The van der Waals surface area contributed by atoms with Gasteiger partial charge in [-0.05, 0) is 22.4 Å². The normalized spacial score (nSPS) is 12.7. The molecule has 10 nitrogen and oxygen atoms in total. The van der Waals surface area contributed by atoms with Crippen LogP contribution in [0, 0.1) is 5.41 Å². The average Bonchev–Trinajstić information content (AvgIpc) is 2.90. The third kappa shape index (κ3) is 7.70. The highest BCUT2D eigenvalue weighted by molar-refractivity contribution is 6.06. The van der Waals surface area contributed by atoms with Crippen LogP contribution in [-0.4, -0.2) is 63.6 Å². The van der Waals surface area contributed by atoms with Crippen LogP contribution < -0.4 is 10.6 Å². The van der Waals surface area contributed by atoms with Gasteiger partial charge in [0.15, 0.2) is 0 Å². The summed E-state index contributed by atoms with van der Waals surface area (Å²) in [4.78, 5) is 67.9. The predicted octanol–water partition coefficient (Wildman–Crippen LogP) is 2.57. The molecule has 2 aromatic carbocycles. The van der Waals surface area contributed by atoms with Crippen LogP contribution in [0.3, 0.4) is 0 Å². The van der Waals surface area contributed by atoms with E-state index < -0.39 is 54.2 Å². The highest BCUT2D eigenvalue weighted by atomic mass is 16.4. The first kappa shape index (κ1) is 29.0. The Morgan fingerprint density at radius 1 is 0.974 bits per heavy atom. The molecule has 204 valence electrons. The summed E-state index contributed by atoms with van der Waals surface area (Å²) in [5.74, 6) is -3.18. The zero-order valence-corrected chi connectivity index (χ0v) is 22.1. The molecule has 39 heavy (non-hydrogen) atoms. The summed E-state index contributed by atoms with van der Waals surface area (Å²) >= 11 is 0. The number of carbonyl (C=O) groups is 5. The van der Waals surface area contributed by atoms with E-state index in [1.54, 1.807) is 63.2 Å². The highest BCUT2D eigenvalue weighted by Crippen LogP contribution is 2.24. The molecule has 3 aromatic rings. The van der Waals surface area contributed by atoms with E-state index in [1.165, 1.54) is 11.1 Å². The van der Waals surface area contributed by atoms with Gasteiger partial charge in [0.25, 0.3) is 5.91 Å². The lowest BCUT2D eigenvalue weighted by Crippen LogP contribution is -2.56. The molecular formula is C29H32N4O6. The fraction of sp³-hybridized carbons (Fsp3) is 0.310. The van der Waals surface area contributed by atoms with Gasteiger partial charge in [-0.2, -0.15) is 0 Å². The van der Waals surface area contributed by atoms with Gasteiger partial charge in [0.05, 0.1) is 6.54 Å². The lowest BCUT2D eigenvalue weighted by Gasteiger charge is -2.35. The Balaban J connectivity index is 1.91. The van der Waals surface area contributed by atoms with Gasteiger partial charge in [0.1, 0.15) is 24.1 Å². The molecule has 0 saturated carbocycles. The number of aldehydes is 1. The van der Waals surface area contributed by atoms with Crippen LogP contribution in [0.4, 0.5) is 0 Å². The molecule has 1 heterocycles. The smallest absolute Gasteiger partial charge is 0.326 e. The van der Waals surface area contributed by atoms with Crippen LogP contribution in [0.25, 0.3) is 10.8 Å². The van der Waals surface area contributed by atoms with E-state index in [9.17, 15) is 29.1 Å². The van der Waals surface area contributed by atoms with Crippen molar-refractivity contribution in [2.45, 2.75) is 45.8 Å². The summed E-state index contributed by atoms with van der Waals surface area (Å²) in [5.41, 5.74) is 0.140. The Bertz CT molecular complexity index is 1350. The minimum absolute atomic E-state index is 0.0352. The number of nitrogens with zero attached hydrogens (tertiary/aromatic N) is 2. The molecule has 0 aliphatic carbocycles. The van der Waals surface area contributed by atoms with Gasteiger partial charge >= 0.3 is 5.97 Å². The number of carbonyl (C=O) groups excluding carboxylic acids is 4. The zero-order chi connectivity index (χ0) is 28.6. The Morgan fingerprint density at radius 3 is 2.28 bits per heavy atom. The minimum atomic E-state index is -1.42. The number of aliphatic carboxylic acids is 1. The second kappa shape index (κ2) is 12.8. The van der Waals surface area contributed by atoms with Gasteiger partial charge in [0, 0.05) is 24.5 Å². The maximum atomic E-state index is 13.9. The molecule has 1 aromatic heterocycles. The number of carboxylic acids is 1. The number of aromatic nitrogens is 1. The first-order valence-corrected chi connectivity index (χ1v) is 12.4. The van der Waals surface area contributed by atoms with Crippen molar-refractivity contribution in [1.29, 1.82) is 0 Å². The van der Waals surface area contributed by atoms with E-state index in [4.69, 9.17) is 0 Å². The molecule has 0 saturated heterocycles. The fourth-order valence-electron chi connectivity index (χ4n) is 4.08. The molecule has 0 spiro atoms. The molecular weight excluding hydrogens is 500 g/mol. The molecule has 0 aliphatic heterocycles. The van der Waals surface area contributed by atoms with Gasteiger partial charge in [-0.1, -0.05) is 75.4 Å². The first-order valence-electron chi connectivity index (χ1n) is 12.4. The monoisotopic (exact) mass is 532 g/mol. The second-order valence-corrected chi connectivity index (χ2v) is 10.2. The van der Waals surface area contributed by atoms with Crippen LogP contribution in [0.2, 0.25) is 0 Å². The van der Waals surface area contributed by atoms with Crippen molar-refractivity contribution in [2.24, 2.45) is 5.41 Å². The summed E-state index contributed by atoms with van der Waals surface area (Å²) in [7, 11) is 0. The van der Waals surface area contributed by atoms with Gasteiger partial charge in [-0.25, -0.2) is 4.79 Å². The van der Waals surface area contributed by atoms with Gasteiger partial charge < -0.3 is 25.4 Å². The third-order valence-corrected chi connectivity index (χ3v) is 6.10. The molecule has 10 heteroatoms. The van der Waals surface area contributed by atoms with E-state index in [0.29, 0.717) is 11.7 Å². The number of nitrogens with one attached hydrogen (secondary N) is 2. The quantitative estimate of drug-likeness (QED) is 0.322. The van der Waals surface area contributed by atoms with Crippen molar-refractivity contribution in [3.8, 4) is 0 Å². The van der Waals surface area contributed by atoms with Gasteiger partial charge in [-0.15, -0.1) is 0 Å². The molecule has 0 unspecified atom stereocenters. The lowest BCUT2D eigenvalue weighted by atomic mass is 9.85. The summed E-state index contributed by atoms with van der Waals surface area (Å²) < 4.78 is 0. The molecule has 3 amide bonds. The van der Waals surface area contributed by atoms with Crippen LogP contribution in [0.1, 0.15) is 43.2 Å². The van der Waals surface area contributed by atoms with Crippen molar-refractivity contribution < 1.29 is 29.1 Å². The third-order valence-electron chi connectivity index (χ3n) is 6.10. The molecule has 0 bridgehead atoms. The maximum Gasteiger partial charge on any atom is 0.326 e. The summed E-state index contributed by atoms with van der Waals surface area (Å²) in [6.45, 7) is 4.92. The largest absolute Gasteiger partial charge is 0.480 e. The van der Waals surface area contributed by atoms with Crippen molar-refractivity contribution in [3.05, 3.63) is 78.1 Å². The van der Waals surface area contributed by atoms with Crippen LogP contribution in [0.5, 0.6) is 0 Å². The van der Waals surface area contributed by atoms with E-state index in [0.717, 1.165) is 10.9 Å². The van der Waals surface area contributed by atoms with Crippen molar-refractivity contribution in [3.63, 3.8) is 0 Å². The van der Waals surface area contributed by atoms with E-state index in [-0.39, 0.29) is 12.2 Å². The highest BCUT2D eigenvalue weighted by Gasteiger charge is 2.37. The number of rotatable bonds is 11. The minimum Gasteiger partial charge on any atom is -0.480 e. The van der Waals surface area contributed by atoms with Crippen LogP contribution >= 0.6 is 0 Å². The predicted molar refractivity (Wildman–Crippen MR) is 145 cm³/mol. The number of pyridine rings is 1.